The molecule has 4 saturated heterocycles. The molecule has 0 spiro atoms. The van der Waals surface area contributed by atoms with E-state index in [1.807, 2.05) is 32.3 Å². The topological polar surface area (TPSA) is 157 Å². The van der Waals surface area contributed by atoms with E-state index in [4.69, 9.17) is 30.3 Å². The second-order valence-electron chi connectivity index (χ2n) is 32.7. The summed E-state index contributed by atoms with van der Waals surface area (Å²) in [5.41, 5.74) is 3.03. The third-order valence-electron chi connectivity index (χ3n) is 25.3. The molecule has 0 aromatic carbocycles. The Morgan fingerprint density at radius 1 is 0.544 bits per heavy atom. The average Bonchev–Trinajstić information content (AvgIpc) is 1.20. The van der Waals surface area contributed by atoms with Crippen LogP contribution in [0.2, 0.25) is 0 Å². The average molecular weight is 1260 g/mol. The van der Waals surface area contributed by atoms with Gasteiger partial charge in [-0.05, 0) is 226 Å². The number of carbonyl (C=O) groups is 3. The Morgan fingerprint density at radius 3 is 1.41 bits per heavy atom. The Kier molecular flexibility index (Phi) is 25.1. The predicted molar refractivity (Wildman–Crippen MR) is 358 cm³/mol. The van der Waals surface area contributed by atoms with Crippen molar-refractivity contribution < 1.29 is 61.1 Å². The molecule has 90 heavy (non-hydrogen) atoms. The van der Waals surface area contributed by atoms with Crippen molar-refractivity contribution in [2.45, 2.75) is 281 Å². The van der Waals surface area contributed by atoms with E-state index in [2.05, 4.69) is 109 Å². The van der Waals surface area contributed by atoms with E-state index in [0.29, 0.717) is 53.2 Å². The van der Waals surface area contributed by atoms with Crippen molar-refractivity contribution in [1.29, 1.82) is 0 Å². The molecule has 2 aromatic rings. The third-order valence-corrected chi connectivity index (χ3v) is 25.3. The Morgan fingerprint density at radius 2 is 0.967 bits per heavy atom. The normalized spacial score (nSPS) is 36.6. The van der Waals surface area contributed by atoms with Gasteiger partial charge in [0.25, 0.3) is 6.04 Å². The molecule has 0 amide bonds. The molecule has 1 unspecified atom stereocenters. The van der Waals surface area contributed by atoms with E-state index in [9.17, 15) is 14.4 Å². The summed E-state index contributed by atoms with van der Waals surface area (Å²) in [5.74, 6) is 4.94. The molecule has 15 heteroatoms. The number of fused-ring (bicyclic) bond motifs is 6. The van der Waals surface area contributed by atoms with Crippen molar-refractivity contribution in [2.24, 2.45) is 56.2 Å². The van der Waals surface area contributed by atoms with Crippen molar-refractivity contribution >= 4 is 17.3 Å². The monoisotopic (exact) mass is 1260 g/mol. The van der Waals surface area contributed by atoms with Gasteiger partial charge in [-0.25, -0.2) is 11.4 Å². The van der Waals surface area contributed by atoms with Gasteiger partial charge in [0, 0.05) is 73.1 Å². The zero-order valence-electron chi connectivity index (χ0n) is 59.4. The number of likely N-dealkylation sites (tertiary alicyclic amines) is 3. The molecule has 14 nitrogen and oxygen atoms in total. The molecule has 6 heterocycles. The number of allylic oxidation sites excluding steroid dienone is 2. The van der Waals surface area contributed by atoms with E-state index in [0.717, 1.165) is 82.0 Å². The van der Waals surface area contributed by atoms with Crippen molar-refractivity contribution in [3.63, 3.8) is 0 Å². The number of rotatable bonds is 3. The van der Waals surface area contributed by atoms with Gasteiger partial charge in [-0.3, -0.25) is 9.59 Å². The fourth-order valence-electron chi connectivity index (χ4n) is 21.5. The zero-order valence-corrected chi connectivity index (χ0v) is 59.4. The van der Waals surface area contributed by atoms with Crippen LogP contribution in [0.4, 0.5) is 0 Å². The molecule has 14 rings (SSSR count). The minimum atomic E-state index is -0.404. The summed E-state index contributed by atoms with van der Waals surface area (Å²) in [4.78, 5) is 52.1. The maximum absolute atomic E-state index is 12.6. The summed E-state index contributed by atoms with van der Waals surface area (Å²) >= 11 is 0. The number of hydrogen-bond donors (Lipinski definition) is 1. The summed E-state index contributed by atoms with van der Waals surface area (Å²) in [6, 6.07) is 1.73. The Balaban J connectivity index is 0.000000211. The number of nitrogens with one attached hydrogen (secondary N) is 1. The van der Waals surface area contributed by atoms with E-state index in [1.54, 1.807) is 0 Å². The fourth-order valence-corrected chi connectivity index (χ4v) is 21.5. The summed E-state index contributed by atoms with van der Waals surface area (Å²) in [6.07, 6.45) is 33.1. The molecule has 12 atom stereocenters. The first-order valence-corrected chi connectivity index (χ1v) is 34.5. The number of carbonyl (C=O) groups excluding carboxylic acids is 3. The van der Waals surface area contributed by atoms with Crippen LogP contribution in [0.1, 0.15) is 258 Å². The first kappa shape index (κ1) is 74.3. The predicted octanol–water partition coefficient (Wildman–Crippen LogP) is 11.7. The molecule has 2 aromatic heterocycles. The maximum Gasteiger partial charge on any atom is 1.00 e. The zero-order chi connectivity index (χ0) is 65.0. The Hall–Kier alpha value is -3.05. The van der Waals surface area contributed by atoms with Crippen LogP contribution in [-0.4, -0.2) is 126 Å². The first-order chi connectivity index (χ1) is 42.2. The van der Waals surface area contributed by atoms with Gasteiger partial charge in [0.1, 0.15) is 17.3 Å². The summed E-state index contributed by atoms with van der Waals surface area (Å²) in [5, 5.41) is 19.5. The smallest absolute Gasteiger partial charge is 0.857 e. The number of aromatic nitrogens is 2. The molecule has 1 N–H and O–H groups in total. The molecule has 12 aliphatic rings. The van der Waals surface area contributed by atoms with Crippen LogP contribution in [0.3, 0.4) is 0 Å². The van der Waals surface area contributed by atoms with Crippen LogP contribution in [0.25, 0.3) is 9.69 Å². The second kappa shape index (κ2) is 30.4. The van der Waals surface area contributed by atoms with Gasteiger partial charge in [0.05, 0.1) is 19.0 Å². The Labute approximate surface area is 571 Å². The van der Waals surface area contributed by atoms with Gasteiger partial charge < -0.3 is 43.8 Å². The van der Waals surface area contributed by atoms with Gasteiger partial charge in [-0.1, -0.05) is 114 Å². The van der Waals surface area contributed by atoms with Crippen molar-refractivity contribution in [3.05, 3.63) is 69.6 Å². The minimum Gasteiger partial charge on any atom is -0.857 e. The number of Topliss-reactive ketones (excluding diaryl/α,β-unsaturated/α-hetero) is 3. The quantitative estimate of drug-likeness (QED) is 0.230. The molecule has 0 radical (unpaired) electrons. The number of nitrogens with zero attached hydrogens (tertiary/aromatic N) is 7. The van der Waals surface area contributed by atoms with Gasteiger partial charge in [-0.15, -0.1) is 0 Å². The number of hydrogen-bond acceptors (Lipinski definition) is 12. The van der Waals surface area contributed by atoms with Crippen molar-refractivity contribution in [1.82, 2.24) is 30.3 Å². The van der Waals surface area contributed by atoms with E-state index in [1.165, 1.54) is 153 Å². The van der Waals surface area contributed by atoms with Crippen LogP contribution in [0.15, 0.2) is 33.2 Å². The number of ketones is 3. The summed E-state index contributed by atoms with van der Waals surface area (Å²) < 4.78 is 21.1. The minimum absolute atomic E-state index is 0. The largest absolute Gasteiger partial charge is 1.00 e. The van der Waals surface area contributed by atoms with Gasteiger partial charge in [0.2, 0.25) is 11.5 Å². The first-order valence-electron chi connectivity index (χ1n) is 35.5. The molecular formula is C75H123N8NaO6. The maximum atomic E-state index is 12.6. The van der Waals surface area contributed by atoms with Crippen LogP contribution in [0.5, 0.6) is 0 Å². The van der Waals surface area contributed by atoms with Gasteiger partial charge in [0.15, 0.2) is 5.78 Å². The molecule has 0 bridgehead atoms. The van der Waals surface area contributed by atoms with Crippen molar-refractivity contribution in [3.8, 4) is 0 Å². The van der Waals surface area contributed by atoms with Crippen molar-refractivity contribution in [2.75, 3.05) is 59.5 Å². The molecule has 8 aliphatic carbocycles. The molecule has 500 valence electrons. The SMILES string of the molecule is C.C.C1CCNC1.CC1(C)c2oncc2C[C@]2(C)CC(=O)CC[C@@H]12.CC1(C)c2oncc2C[C@]2(C)C[C@@H](N3CCCC3)CC[C@@H]12.C[O-].[2H][2H].[C-]#[N+]C1=C[C@]2(C)C[C@@H](N3CCCC3)CC[C@H]2C(C)(C)C1=O.[C-]#[N+]C1C[C@]2(C)C[C@@H](N3CCCC3)CC[C@H]2C(C)(C)C1=O.[Na+]. The van der Waals surface area contributed by atoms with Gasteiger partial charge in [-0.2, -0.15) is 7.11 Å². The van der Waals surface area contributed by atoms with Crippen LogP contribution in [-0.2, 0) is 38.1 Å². The fraction of sp³-hybridized carbons (Fsp3) is 0.827. The molecule has 9 fully saturated rings. The standard InChI is InChI=1S/2C18H28N2O.C18H26N2O.C14H19NO2.C4H9N.CH3O.2CH4.Na.H2/c1-17(2)15-7-6-14(20-8-4-5-9-20)11-18(15,3)10-13-12-19-21-16(13)17;2*1-17(2)15-8-7-13(20-9-5-6-10-20)11-18(15,3)12-14(19-4)16(17)21;1-13(2)11-5-4-10(16)7-14(11,3)6-9-8-15-17-12(9)13;1-2-4-5-3-1;1-2;;;;/h12,14-15H,4-11H2,1-3H3;13-15H,5-12H2,1-3H3;12-13,15H,5-11H2,1-3H3;8,11H,4-7H2,1-3H3;5H,1-4H2;1H3;2*1H4;;1H/q;;;;;-1;;;+1;/t14-,15-,18+;13-,14?,15-,18-;13-,15-,18-;11-,14+;;;;;;/m0000....../s1/i;;;;;;;;;1+1D. The van der Waals surface area contributed by atoms with E-state index >= 15 is 0 Å². The van der Waals surface area contributed by atoms with E-state index < -0.39 is 6.04 Å². The molecule has 4 aliphatic heterocycles. The Bertz CT molecular complexity index is 2840. The molecule has 5 saturated carbocycles. The second-order valence-corrected chi connectivity index (χ2v) is 32.7. The van der Waals surface area contributed by atoms with Crippen LogP contribution >= 0.6 is 0 Å². The van der Waals surface area contributed by atoms with Crippen LogP contribution < -0.4 is 40.0 Å². The van der Waals surface area contributed by atoms with Crippen LogP contribution in [0, 0.1) is 69.3 Å². The van der Waals surface area contributed by atoms with Gasteiger partial charge >= 0.3 is 29.6 Å². The summed E-state index contributed by atoms with van der Waals surface area (Å²) in [7, 11) is 0.750. The molecular weight excluding hydrogens is 1130 g/mol. The third kappa shape index (κ3) is 15.1. The summed E-state index contributed by atoms with van der Waals surface area (Å²) in [6.45, 7) is 51.7. The van der Waals surface area contributed by atoms with E-state index in [-0.39, 0.29) is 93.9 Å².